The first-order chi connectivity index (χ1) is 20.9. The predicted octanol–water partition coefficient (Wildman–Crippen LogP) is 0.275. The number of benzene rings is 1. The van der Waals surface area contributed by atoms with Crippen LogP contribution in [0.5, 0.6) is 0 Å². The molecule has 16 heteroatoms. The smallest absolute Gasteiger partial charge is 0.326 e. The minimum Gasteiger partial charge on any atom is -0.481 e. The Morgan fingerprint density at radius 3 is 1.87 bits per heavy atom. The van der Waals surface area contributed by atoms with Gasteiger partial charge in [0, 0.05) is 17.9 Å². The summed E-state index contributed by atoms with van der Waals surface area (Å²) in [5.41, 5.74) is 6.28. The lowest BCUT2D eigenvalue weighted by Crippen LogP contribution is -2.60. The van der Waals surface area contributed by atoms with Gasteiger partial charge in [0.15, 0.2) is 0 Å². The average Bonchev–Trinajstić information content (AvgIpc) is 2.92. The SMILES string of the molecule is CC(C)C[C@H](NC(=O)[C@@H](NC(=O)[C@@H](N)CCC(=O)O)C(C)C)C(=O)N[C@@H](Cc1cccc(Cl)c1)C(=O)N[C@@H](CC(=O)O)C(=O)O. The topological polar surface area (TPSA) is 254 Å². The zero-order valence-corrected chi connectivity index (χ0v) is 26.3. The number of carboxylic acids is 3. The van der Waals surface area contributed by atoms with Crippen LogP contribution in [-0.2, 0) is 40.0 Å². The maximum absolute atomic E-state index is 13.6. The van der Waals surface area contributed by atoms with E-state index in [0.29, 0.717) is 10.6 Å². The Morgan fingerprint density at radius 1 is 0.778 bits per heavy atom. The van der Waals surface area contributed by atoms with Gasteiger partial charge in [-0.05, 0) is 42.4 Å². The highest BCUT2D eigenvalue weighted by atomic mass is 35.5. The lowest BCUT2D eigenvalue weighted by Gasteiger charge is -2.28. The van der Waals surface area contributed by atoms with Crippen LogP contribution < -0.4 is 27.0 Å². The fraction of sp³-hybridized carbons (Fsp3) is 0.552. The van der Waals surface area contributed by atoms with Crippen molar-refractivity contribution in [3.8, 4) is 0 Å². The van der Waals surface area contributed by atoms with Crippen LogP contribution in [0.1, 0.15) is 58.9 Å². The Labute approximate surface area is 265 Å². The average molecular weight is 656 g/mol. The molecule has 0 aliphatic carbocycles. The second-order valence-corrected chi connectivity index (χ2v) is 11.8. The van der Waals surface area contributed by atoms with Crippen molar-refractivity contribution < 1.29 is 48.9 Å². The predicted molar refractivity (Wildman–Crippen MR) is 162 cm³/mol. The summed E-state index contributed by atoms with van der Waals surface area (Å²) in [6.07, 6.45) is -1.46. The summed E-state index contributed by atoms with van der Waals surface area (Å²) in [4.78, 5) is 86.2. The molecule has 0 spiro atoms. The standard InChI is InChI=1S/C29H42ClN5O10/c1-14(2)10-19(33-28(43)24(15(3)4)35-25(40)18(31)8-9-22(36)37)26(41)32-20(12-16-6-5-7-17(30)11-16)27(42)34-21(29(44)45)13-23(38)39/h5-7,11,14-15,18-21,24H,8-10,12-13,31H2,1-4H3,(H,32,41)(H,33,43)(H,34,42)(H,35,40)(H,36,37)(H,38,39)(H,44,45)/t18-,19-,20-,21-,24-/m0/s1. The first kappa shape index (κ1) is 38.8. The van der Waals surface area contributed by atoms with Gasteiger partial charge >= 0.3 is 17.9 Å². The number of nitrogens with two attached hydrogens (primary N) is 1. The van der Waals surface area contributed by atoms with Crippen molar-refractivity contribution in [1.82, 2.24) is 21.3 Å². The molecule has 0 aromatic heterocycles. The number of nitrogens with one attached hydrogen (secondary N) is 4. The molecule has 0 unspecified atom stereocenters. The van der Waals surface area contributed by atoms with Crippen LogP contribution in [0, 0.1) is 11.8 Å². The van der Waals surface area contributed by atoms with E-state index in [9.17, 15) is 38.7 Å². The van der Waals surface area contributed by atoms with Gasteiger partial charge in [-0.1, -0.05) is 51.4 Å². The van der Waals surface area contributed by atoms with E-state index in [1.807, 2.05) is 0 Å². The molecule has 0 radical (unpaired) electrons. The second-order valence-electron chi connectivity index (χ2n) is 11.4. The molecule has 0 aliphatic heterocycles. The lowest BCUT2D eigenvalue weighted by molar-refractivity contribution is -0.147. The molecule has 0 heterocycles. The molecule has 0 saturated carbocycles. The summed E-state index contributed by atoms with van der Waals surface area (Å²) in [6.45, 7) is 6.86. The van der Waals surface area contributed by atoms with Crippen LogP contribution in [0.15, 0.2) is 24.3 Å². The summed E-state index contributed by atoms with van der Waals surface area (Å²) in [7, 11) is 0. The van der Waals surface area contributed by atoms with Crippen LogP contribution in [0.3, 0.4) is 0 Å². The summed E-state index contributed by atoms with van der Waals surface area (Å²) in [6, 6.07) is -0.375. The van der Waals surface area contributed by atoms with Gasteiger partial charge in [0.2, 0.25) is 23.6 Å². The van der Waals surface area contributed by atoms with Gasteiger partial charge in [0.25, 0.3) is 0 Å². The quantitative estimate of drug-likeness (QED) is 0.100. The van der Waals surface area contributed by atoms with E-state index in [0.717, 1.165) is 0 Å². The highest BCUT2D eigenvalue weighted by Crippen LogP contribution is 2.14. The molecule has 0 fully saturated rings. The number of carbonyl (C=O) groups excluding carboxylic acids is 4. The lowest BCUT2D eigenvalue weighted by atomic mass is 9.98. The van der Waals surface area contributed by atoms with Crippen molar-refractivity contribution in [2.24, 2.45) is 17.6 Å². The van der Waals surface area contributed by atoms with Crippen molar-refractivity contribution in [3.05, 3.63) is 34.9 Å². The highest BCUT2D eigenvalue weighted by molar-refractivity contribution is 6.30. The number of hydrogen-bond acceptors (Lipinski definition) is 8. The normalized spacial score (nSPS) is 14.4. The van der Waals surface area contributed by atoms with Crippen LogP contribution in [-0.4, -0.2) is 87.1 Å². The van der Waals surface area contributed by atoms with E-state index in [1.54, 1.807) is 45.9 Å². The third-order valence-corrected chi connectivity index (χ3v) is 6.78. The summed E-state index contributed by atoms with van der Waals surface area (Å²) in [5.74, 6) is -8.04. The van der Waals surface area contributed by atoms with Gasteiger partial charge < -0.3 is 42.3 Å². The highest BCUT2D eigenvalue weighted by Gasteiger charge is 2.33. The molecule has 15 nitrogen and oxygen atoms in total. The third-order valence-electron chi connectivity index (χ3n) is 6.55. The minimum atomic E-state index is -1.78. The Hall–Kier alpha value is -4.24. The number of carboxylic acid groups (broad SMARTS) is 3. The molecule has 1 rings (SSSR count). The fourth-order valence-electron chi connectivity index (χ4n) is 4.20. The number of carbonyl (C=O) groups is 7. The molecule has 0 aliphatic rings. The molecule has 0 saturated heterocycles. The number of amides is 4. The monoisotopic (exact) mass is 655 g/mol. The maximum Gasteiger partial charge on any atom is 0.326 e. The van der Waals surface area contributed by atoms with Gasteiger partial charge in [0.1, 0.15) is 24.2 Å². The van der Waals surface area contributed by atoms with Crippen LogP contribution in [0.4, 0.5) is 0 Å². The molecule has 1 aromatic rings. The molecule has 5 atom stereocenters. The van der Waals surface area contributed by atoms with Gasteiger partial charge in [-0.25, -0.2) is 4.79 Å². The van der Waals surface area contributed by atoms with E-state index in [1.165, 1.54) is 6.07 Å². The summed E-state index contributed by atoms with van der Waals surface area (Å²) < 4.78 is 0. The van der Waals surface area contributed by atoms with Gasteiger partial charge in [-0.15, -0.1) is 0 Å². The molecule has 0 bridgehead atoms. The first-order valence-corrected chi connectivity index (χ1v) is 14.7. The molecule has 1 aromatic carbocycles. The molecular weight excluding hydrogens is 614 g/mol. The number of hydrogen-bond donors (Lipinski definition) is 8. The molecule has 45 heavy (non-hydrogen) atoms. The van der Waals surface area contributed by atoms with E-state index in [4.69, 9.17) is 27.5 Å². The largest absolute Gasteiger partial charge is 0.481 e. The Balaban J connectivity index is 3.24. The van der Waals surface area contributed by atoms with E-state index >= 15 is 0 Å². The third kappa shape index (κ3) is 14.4. The van der Waals surface area contributed by atoms with Crippen LogP contribution >= 0.6 is 11.6 Å². The minimum absolute atomic E-state index is 0.108. The Morgan fingerprint density at radius 2 is 1.36 bits per heavy atom. The first-order valence-electron chi connectivity index (χ1n) is 14.3. The number of aliphatic carboxylic acids is 3. The van der Waals surface area contributed by atoms with Gasteiger partial charge in [-0.3, -0.25) is 28.8 Å². The van der Waals surface area contributed by atoms with Crippen molar-refractivity contribution in [2.45, 2.75) is 90.0 Å². The fourth-order valence-corrected chi connectivity index (χ4v) is 4.41. The molecule has 250 valence electrons. The van der Waals surface area contributed by atoms with Gasteiger partial charge in [0.05, 0.1) is 12.5 Å². The zero-order chi connectivity index (χ0) is 34.4. The van der Waals surface area contributed by atoms with Crippen LogP contribution in [0.25, 0.3) is 0 Å². The zero-order valence-electron chi connectivity index (χ0n) is 25.5. The number of rotatable bonds is 19. The molecule has 4 amide bonds. The van der Waals surface area contributed by atoms with Gasteiger partial charge in [-0.2, -0.15) is 0 Å². The maximum atomic E-state index is 13.6. The van der Waals surface area contributed by atoms with E-state index in [-0.39, 0.29) is 31.6 Å². The Kier molecular flexibility index (Phi) is 16.0. The van der Waals surface area contributed by atoms with Crippen LogP contribution in [0.2, 0.25) is 5.02 Å². The number of halogens is 1. The Bertz CT molecular complexity index is 1240. The van der Waals surface area contributed by atoms with Crippen molar-refractivity contribution >= 4 is 53.1 Å². The summed E-state index contributed by atoms with van der Waals surface area (Å²) in [5, 5.41) is 37.4. The summed E-state index contributed by atoms with van der Waals surface area (Å²) >= 11 is 6.06. The molecule has 9 N–H and O–H groups in total. The van der Waals surface area contributed by atoms with E-state index < -0.39 is 84.1 Å². The van der Waals surface area contributed by atoms with Crippen molar-refractivity contribution in [2.75, 3.05) is 0 Å². The van der Waals surface area contributed by atoms with Crippen molar-refractivity contribution in [1.29, 1.82) is 0 Å². The second kappa shape index (κ2) is 18.5. The van der Waals surface area contributed by atoms with E-state index in [2.05, 4.69) is 21.3 Å². The van der Waals surface area contributed by atoms with Crippen molar-refractivity contribution in [3.63, 3.8) is 0 Å². The molecular formula is C29H42ClN5O10.